The molecule has 0 saturated heterocycles. The third-order valence-corrected chi connectivity index (χ3v) is 13.0. The number of aromatic nitrogens is 2. The van der Waals surface area contributed by atoms with Crippen LogP contribution in [0.2, 0.25) is 0 Å². The molecule has 0 aliphatic heterocycles. The number of nitrogens with zero attached hydrogens (tertiary/aromatic N) is 2. The molecule has 56 heavy (non-hydrogen) atoms. The van der Waals surface area contributed by atoms with Crippen LogP contribution >= 0.6 is 11.3 Å². The highest BCUT2D eigenvalue weighted by molar-refractivity contribution is 7.26. The van der Waals surface area contributed by atoms with Gasteiger partial charge in [0.15, 0.2) is 5.82 Å². The molecule has 0 radical (unpaired) electrons. The van der Waals surface area contributed by atoms with E-state index in [1.54, 1.807) is 0 Å². The molecule has 2 nitrogen and oxygen atoms in total. The van der Waals surface area contributed by atoms with E-state index in [2.05, 4.69) is 190 Å². The highest BCUT2D eigenvalue weighted by Gasteiger charge is 2.35. The molecule has 0 spiro atoms. The number of benzene rings is 8. The van der Waals surface area contributed by atoms with E-state index < -0.39 is 0 Å². The van der Waals surface area contributed by atoms with Crippen LogP contribution in [0.15, 0.2) is 182 Å². The summed E-state index contributed by atoms with van der Waals surface area (Å²) in [7, 11) is 0. The quantitative estimate of drug-likeness (QED) is 0.176. The van der Waals surface area contributed by atoms with E-state index in [1.165, 1.54) is 75.5 Å². The first-order valence-electron chi connectivity index (χ1n) is 19.2. The lowest BCUT2D eigenvalue weighted by molar-refractivity contribution is 0.660. The Hall–Kier alpha value is -6.68. The highest BCUT2D eigenvalue weighted by Crippen LogP contribution is 2.50. The molecule has 0 atom stereocenters. The summed E-state index contributed by atoms with van der Waals surface area (Å²) in [5.41, 5.74) is 15.4. The first-order chi connectivity index (χ1) is 27.5. The number of hydrogen-bond donors (Lipinski definition) is 0. The average molecular weight is 733 g/mol. The summed E-state index contributed by atoms with van der Waals surface area (Å²) in [6, 6.07) is 65.9. The van der Waals surface area contributed by atoms with Gasteiger partial charge in [-0.25, -0.2) is 9.97 Å². The molecule has 2 aromatic heterocycles. The fourth-order valence-electron chi connectivity index (χ4n) is 8.89. The minimum Gasteiger partial charge on any atom is -0.228 e. The smallest absolute Gasteiger partial charge is 0.160 e. The maximum Gasteiger partial charge on any atom is 0.160 e. The molecule has 1 aliphatic rings. The van der Waals surface area contributed by atoms with Gasteiger partial charge in [0, 0.05) is 42.3 Å². The Bertz CT molecular complexity index is 3150. The van der Waals surface area contributed by atoms with Crippen LogP contribution in [0.25, 0.3) is 98.2 Å². The number of thiophene rings is 1. The van der Waals surface area contributed by atoms with E-state index in [0.29, 0.717) is 0 Å². The molecule has 0 unspecified atom stereocenters. The minimum atomic E-state index is -0.0270. The van der Waals surface area contributed by atoms with Gasteiger partial charge in [-0.1, -0.05) is 178 Å². The van der Waals surface area contributed by atoms with Gasteiger partial charge in [0.1, 0.15) is 0 Å². The topological polar surface area (TPSA) is 25.8 Å². The van der Waals surface area contributed by atoms with Gasteiger partial charge in [0.2, 0.25) is 0 Å². The Morgan fingerprint density at radius 1 is 0.375 bits per heavy atom. The monoisotopic (exact) mass is 732 g/mol. The predicted molar refractivity (Wildman–Crippen MR) is 237 cm³/mol. The van der Waals surface area contributed by atoms with Crippen molar-refractivity contribution in [2.24, 2.45) is 0 Å². The van der Waals surface area contributed by atoms with Crippen LogP contribution in [-0.4, -0.2) is 9.97 Å². The second-order valence-corrected chi connectivity index (χ2v) is 16.4. The van der Waals surface area contributed by atoms with Crippen molar-refractivity contribution in [1.82, 2.24) is 9.97 Å². The van der Waals surface area contributed by atoms with Gasteiger partial charge >= 0.3 is 0 Å². The van der Waals surface area contributed by atoms with Crippen molar-refractivity contribution in [3.05, 3.63) is 193 Å². The van der Waals surface area contributed by atoms with Gasteiger partial charge in [-0.15, -0.1) is 11.3 Å². The van der Waals surface area contributed by atoms with Crippen molar-refractivity contribution in [2.75, 3.05) is 0 Å². The number of rotatable bonds is 5. The zero-order valence-electron chi connectivity index (χ0n) is 31.1. The standard InChI is InChI=1S/C53H36N2S/c1-53(2)46-21-10-8-17-40(46)41-28-27-36(31-47(41)53)33-23-25-34(26-24-33)37-29-30-42(39-16-7-6-15-38(37)39)48-32-49(55-52(54-48)35-13-4-3-5-14-35)45-20-12-19-44-43-18-9-11-22-50(43)56-51(44)45/h3-32H,1-2H3. The largest absolute Gasteiger partial charge is 0.228 e. The molecular formula is C53H36N2S. The fraction of sp³-hybridized carbons (Fsp3) is 0.0566. The molecule has 1 aliphatic carbocycles. The number of hydrogen-bond acceptors (Lipinski definition) is 3. The predicted octanol–water partition coefficient (Wildman–Crippen LogP) is 14.6. The molecule has 0 bridgehead atoms. The van der Waals surface area contributed by atoms with Crippen LogP contribution in [0.4, 0.5) is 0 Å². The van der Waals surface area contributed by atoms with Gasteiger partial charge in [-0.2, -0.15) is 0 Å². The zero-order valence-corrected chi connectivity index (χ0v) is 31.9. The Morgan fingerprint density at radius 3 is 1.77 bits per heavy atom. The van der Waals surface area contributed by atoms with Crippen LogP contribution in [-0.2, 0) is 5.41 Å². The van der Waals surface area contributed by atoms with E-state index in [4.69, 9.17) is 9.97 Å². The minimum absolute atomic E-state index is 0.0270. The molecule has 0 fully saturated rings. The van der Waals surface area contributed by atoms with Gasteiger partial charge in [-0.3, -0.25) is 0 Å². The zero-order chi connectivity index (χ0) is 37.4. The second-order valence-electron chi connectivity index (χ2n) is 15.3. The van der Waals surface area contributed by atoms with Crippen molar-refractivity contribution in [2.45, 2.75) is 19.3 Å². The summed E-state index contributed by atoms with van der Waals surface area (Å²) in [6.45, 7) is 4.69. The van der Waals surface area contributed by atoms with Crippen LogP contribution in [0.5, 0.6) is 0 Å². The summed E-state index contributed by atoms with van der Waals surface area (Å²) in [5.74, 6) is 0.721. The first kappa shape index (κ1) is 32.7. The second kappa shape index (κ2) is 12.7. The molecule has 0 N–H and O–H groups in total. The third-order valence-electron chi connectivity index (χ3n) is 11.8. The van der Waals surface area contributed by atoms with Gasteiger partial charge in [-0.05, 0) is 73.5 Å². The molecule has 10 aromatic rings. The SMILES string of the molecule is CC1(C)c2ccccc2-c2ccc(-c3ccc(-c4ccc(-c5cc(-c6cccc7c6sc6ccccc67)nc(-c6ccccc6)n5)c5ccccc45)cc3)cc21. The molecule has 0 amide bonds. The van der Waals surface area contributed by atoms with Crippen LogP contribution in [0, 0.1) is 0 Å². The molecule has 2 heterocycles. The Morgan fingerprint density at radius 2 is 0.946 bits per heavy atom. The van der Waals surface area contributed by atoms with E-state index in [0.717, 1.165) is 33.9 Å². The molecule has 0 saturated carbocycles. The molecular weight excluding hydrogens is 697 g/mol. The number of fused-ring (bicyclic) bond motifs is 7. The molecule has 8 aromatic carbocycles. The lowest BCUT2D eigenvalue weighted by Gasteiger charge is -2.22. The summed E-state index contributed by atoms with van der Waals surface area (Å²) in [6.07, 6.45) is 0. The normalized spacial score (nSPS) is 13.0. The maximum absolute atomic E-state index is 5.26. The van der Waals surface area contributed by atoms with Gasteiger partial charge < -0.3 is 0 Å². The molecule has 3 heteroatoms. The maximum atomic E-state index is 5.26. The fourth-order valence-corrected chi connectivity index (χ4v) is 10.1. The van der Waals surface area contributed by atoms with Crippen molar-refractivity contribution in [1.29, 1.82) is 0 Å². The molecule has 264 valence electrons. The summed E-state index contributed by atoms with van der Waals surface area (Å²) < 4.78 is 2.53. The van der Waals surface area contributed by atoms with Crippen LogP contribution in [0.1, 0.15) is 25.0 Å². The summed E-state index contributed by atoms with van der Waals surface area (Å²) in [5, 5.41) is 4.90. The van der Waals surface area contributed by atoms with Crippen LogP contribution < -0.4 is 0 Å². The first-order valence-corrected chi connectivity index (χ1v) is 20.1. The highest BCUT2D eigenvalue weighted by atomic mass is 32.1. The van der Waals surface area contributed by atoms with Gasteiger partial charge in [0.25, 0.3) is 0 Å². The third kappa shape index (κ3) is 5.16. The van der Waals surface area contributed by atoms with Crippen molar-refractivity contribution >= 4 is 42.3 Å². The van der Waals surface area contributed by atoms with Crippen molar-refractivity contribution < 1.29 is 0 Å². The summed E-state index contributed by atoms with van der Waals surface area (Å²) >= 11 is 1.83. The van der Waals surface area contributed by atoms with E-state index in [-0.39, 0.29) is 5.41 Å². The average Bonchev–Trinajstić information content (AvgIpc) is 3.75. The Balaban J connectivity index is 1.01. The van der Waals surface area contributed by atoms with Gasteiger partial charge in [0.05, 0.1) is 11.4 Å². The van der Waals surface area contributed by atoms with Crippen LogP contribution in [0.3, 0.4) is 0 Å². The summed E-state index contributed by atoms with van der Waals surface area (Å²) in [4.78, 5) is 10.5. The molecule has 11 rings (SSSR count). The Labute approximate surface area is 330 Å². The Kier molecular flexibility index (Phi) is 7.42. The van der Waals surface area contributed by atoms with E-state index in [9.17, 15) is 0 Å². The van der Waals surface area contributed by atoms with Crippen molar-refractivity contribution in [3.63, 3.8) is 0 Å². The van der Waals surface area contributed by atoms with E-state index in [1.807, 2.05) is 17.4 Å². The lowest BCUT2D eigenvalue weighted by atomic mass is 9.81. The van der Waals surface area contributed by atoms with E-state index >= 15 is 0 Å². The van der Waals surface area contributed by atoms with Crippen molar-refractivity contribution in [3.8, 4) is 67.3 Å². The lowest BCUT2D eigenvalue weighted by Crippen LogP contribution is -2.14.